The van der Waals surface area contributed by atoms with Gasteiger partial charge in [-0.3, -0.25) is 4.79 Å². The highest BCUT2D eigenvalue weighted by Gasteiger charge is 2.23. The third kappa shape index (κ3) is 4.09. The van der Waals surface area contributed by atoms with Gasteiger partial charge >= 0.3 is 5.97 Å². The molecule has 1 unspecified atom stereocenters. The van der Waals surface area contributed by atoms with E-state index in [1.54, 1.807) is 0 Å². The van der Waals surface area contributed by atoms with Gasteiger partial charge in [0.05, 0.1) is 7.11 Å². The van der Waals surface area contributed by atoms with E-state index in [9.17, 15) is 9.59 Å². The van der Waals surface area contributed by atoms with Crippen LogP contribution in [0.15, 0.2) is 18.2 Å². The van der Waals surface area contributed by atoms with Crippen molar-refractivity contribution in [3.05, 3.63) is 34.9 Å². The number of hydrogen-bond acceptors (Lipinski definition) is 3. The number of nitrogens with one attached hydrogen (secondary N) is 1. The average Bonchev–Trinajstić information content (AvgIpc) is 2.52. The number of amides is 1. The van der Waals surface area contributed by atoms with Gasteiger partial charge in [-0.1, -0.05) is 19.9 Å². The van der Waals surface area contributed by atoms with E-state index in [-0.39, 0.29) is 11.9 Å². The molecule has 1 atom stereocenters. The zero-order chi connectivity index (χ0) is 16.1. The molecule has 1 amide bonds. The van der Waals surface area contributed by atoms with E-state index in [0.717, 1.165) is 12.8 Å². The van der Waals surface area contributed by atoms with Crippen LogP contribution in [-0.2, 0) is 22.4 Å². The zero-order valence-corrected chi connectivity index (χ0v) is 13.6. The van der Waals surface area contributed by atoms with Crippen LogP contribution in [0, 0.1) is 5.92 Å². The third-order valence-electron chi connectivity index (χ3n) is 4.11. The van der Waals surface area contributed by atoms with Crippen LogP contribution in [0.2, 0.25) is 0 Å². The van der Waals surface area contributed by atoms with Crippen LogP contribution in [0.4, 0.5) is 0 Å². The first-order chi connectivity index (χ1) is 10.5. The fourth-order valence-corrected chi connectivity index (χ4v) is 2.94. The van der Waals surface area contributed by atoms with Crippen LogP contribution in [0.25, 0.3) is 0 Å². The third-order valence-corrected chi connectivity index (χ3v) is 4.11. The van der Waals surface area contributed by atoms with E-state index in [2.05, 4.69) is 5.32 Å². The van der Waals surface area contributed by atoms with Gasteiger partial charge in [0.25, 0.3) is 5.91 Å². The van der Waals surface area contributed by atoms with Crippen molar-refractivity contribution >= 4 is 11.9 Å². The van der Waals surface area contributed by atoms with Crippen LogP contribution >= 0.6 is 0 Å². The molecule has 120 valence electrons. The number of benzene rings is 1. The van der Waals surface area contributed by atoms with Crippen molar-refractivity contribution in [3.63, 3.8) is 0 Å². The molecule has 1 N–H and O–H groups in total. The second-order valence-electron chi connectivity index (χ2n) is 6.37. The molecule has 1 aromatic rings. The summed E-state index contributed by atoms with van der Waals surface area (Å²) in [5, 5.41) is 2.81. The molecular formula is C18H25NO3. The fourth-order valence-electron chi connectivity index (χ4n) is 2.94. The standard InChI is InChI=1S/C18H25NO3/c1-12(2)10-16(18(21)22-3)19-17(20)15-9-8-13-6-4-5-7-14(13)11-15/h8-9,11-12,16H,4-7,10H2,1-3H3,(H,19,20). The molecule has 0 heterocycles. The summed E-state index contributed by atoms with van der Waals surface area (Å²) >= 11 is 0. The summed E-state index contributed by atoms with van der Waals surface area (Å²) in [5.74, 6) is -0.294. The molecule has 1 aromatic carbocycles. The van der Waals surface area contributed by atoms with Crippen LogP contribution < -0.4 is 5.32 Å². The van der Waals surface area contributed by atoms with E-state index in [4.69, 9.17) is 4.74 Å². The van der Waals surface area contributed by atoms with Gasteiger partial charge in [-0.2, -0.15) is 0 Å². The lowest BCUT2D eigenvalue weighted by molar-refractivity contribution is -0.143. The molecule has 2 rings (SSSR count). The van der Waals surface area contributed by atoms with E-state index in [1.807, 2.05) is 32.0 Å². The Labute approximate surface area is 132 Å². The molecular weight excluding hydrogens is 278 g/mol. The first-order valence-corrected chi connectivity index (χ1v) is 8.01. The van der Waals surface area contributed by atoms with Gasteiger partial charge in [0.1, 0.15) is 6.04 Å². The molecule has 1 aliphatic carbocycles. The molecule has 1 aliphatic rings. The summed E-state index contributed by atoms with van der Waals surface area (Å²) in [5.41, 5.74) is 3.23. The monoisotopic (exact) mass is 303 g/mol. The van der Waals surface area contributed by atoms with Gasteiger partial charge in [0.2, 0.25) is 0 Å². The molecule has 0 saturated heterocycles. The maximum atomic E-state index is 12.4. The normalized spacial score (nSPS) is 15.1. The number of esters is 1. The molecule has 0 fully saturated rings. The molecule has 4 heteroatoms. The van der Waals surface area contributed by atoms with E-state index < -0.39 is 6.04 Å². The fraction of sp³-hybridized carbons (Fsp3) is 0.556. The van der Waals surface area contributed by atoms with Gasteiger partial charge in [-0.15, -0.1) is 0 Å². The van der Waals surface area contributed by atoms with Crippen molar-refractivity contribution in [2.24, 2.45) is 5.92 Å². The minimum absolute atomic E-state index is 0.204. The Morgan fingerprint density at radius 3 is 2.50 bits per heavy atom. The summed E-state index contributed by atoms with van der Waals surface area (Å²) in [7, 11) is 1.35. The molecule has 0 spiro atoms. The predicted octanol–water partition coefficient (Wildman–Crippen LogP) is 2.88. The van der Waals surface area contributed by atoms with Crippen molar-refractivity contribution in [3.8, 4) is 0 Å². The second-order valence-corrected chi connectivity index (χ2v) is 6.37. The largest absolute Gasteiger partial charge is 0.467 e. The van der Waals surface area contributed by atoms with Crippen molar-refractivity contribution in [1.29, 1.82) is 0 Å². The second kappa shape index (κ2) is 7.43. The van der Waals surface area contributed by atoms with Gasteiger partial charge in [-0.25, -0.2) is 4.79 Å². The molecule has 0 radical (unpaired) electrons. The van der Waals surface area contributed by atoms with Gasteiger partial charge in [-0.05, 0) is 61.3 Å². The number of rotatable bonds is 5. The minimum atomic E-state index is -0.589. The Hall–Kier alpha value is -1.84. The highest BCUT2D eigenvalue weighted by molar-refractivity contribution is 5.97. The number of aryl methyl sites for hydroxylation is 2. The molecule has 0 bridgehead atoms. The first kappa shape index (κ1) is 16.5. The highest BCUT2D eigenvalue weighted by Crippen LogP contribution is 2.22. The van der Waals surface area contributed by atoms with Crippen molar-refractivity contribution in [1.82, 2.24) is 5.32 Å². The van der Waals surface area contributed by atoms with Gasteiger partial charge in [0, 0.05) is 5.56 Å². The van der Waals surface area contributed by atoms with Crippen LogP contribution in [0.3, 0.4) is 0 Å². The average molecular weight is 303 g/mol. The Balaban J connectivity index is 2.11. The zero-order valence-electron chi connectivity index (χ0n) is 13.6. The summed E-state index contributed by atoms with van der Waals surface area (Å²) < 4.78 is 4.79. The number of ether oxygens (including phenoxy) is 1. The SMILES string of the molecule is COC(=O)C(CC(C)C)NC(=O)c1ccc2c(c1)CCCC2. The van der Waals surface area contributed by atoms with Crippen LogP contribution in [0.5, 0.6) is 0 Å². The van der Waals surface area contributed by atoms with Crippen LogP contribution in [-0.4, -0.2) is 25.0 Å². The van der Waals surface area contributed by atoms with E-state index in [1.165, 1.54) is 31.1 Å². The summed E-state index contributed by atoms with van der Waals surface area (Å²) in [6.07, 6.45) is 5.09. The Morgan fingerprint density at radius 2 is 1.86 bits per heavy atom. The highest BCUT2D eigenvalue weighted by atomic mass is 16.5. The summed E-state index contributed by atoms with van der Waals surface area (Å²) in [4.78, 5) is 24.2. The number of methoxy groups -OCH3 is 1. The number of hydrogen-bond donors (Lipinski definition) is 1. The summed E-state index contributed by atoms with van der Waals surface area (Å²) in [6, 6.07) is 5.27. The number of carbonyl (C=O) groups is 2. The molecule has 22 heavy (non-hydrogen) atoms. The lowest BCUT2D eigenvalue weighted by atomic mass is 9.90. The topological polar surface area (TPSA) is 55.4 Å². The quantitative estimate of drug-likeness (QED) is 0.851. The Kier molecular flexibility index (Phi) is 5.58. The van der Waals surface area contributed by atoms with Gasteiger partial charge < -0.3 is 10.1 Å². The van der Waals surface area contributed by atoms with Crippen molar-refractivity contribution < 1.29 is 14.3 Å². The molecule has 0 aliphatic heterocycles. The maximum Gasteiger partial charge on any atom is 0.328 e. The number of carbonyl (C=O) groups excluding carboxylic acids is 2. The molecule has 0 aromatic heterocycles. The van der Waals surface area contributed by atoms with Crippen LogP contribution in [0.1, 0.15) is 54.6 Å². The molecule has 0 saturated carbocycles. The maximum absolute atomic E-state index is 12.4. The Morgan fingerprint density at radius 1 is 1.18 bits per heavy atom. The smallest absolute Gasteiger partial charge is 0.328 e. The minimum Gasteiger partial charge on any atom is -0.467 e. The van der Waals surface area contributed by atoms with E-state index in [0.29, 0.717) is 17.9 Å². The van der Waals surface area contributed by atoms with Gasteiger partial charge in [0.15, 0.2) is 0 Å². The summed E-state index contributed by atoms with van der Waals surface area (Å²) in [6.45, 7) is 4.03. The molecule has 4 nitrogen and oxygen atoms in total. The van der Waals surface area contributed by atoms with E-state index >= 15 is 0 Å². The lowest BCUT2D eigenvalue weighted by Crippen LogP contribution is -2.42. The predicted molar refractivity (Wildman–Crippen MR) is 85.8 cm³/mol. The first-order valence-electron chi connectivity index (χ1n) is 8.01. The number of fused-ring (bicyclic) bond motifs is 1. The van der Waals surface area contributed by atoms with Crippen molar-refractivity contribution in [2.45, 2.75) is 52.0 Å². The lowest BCUT2D eigenvalue weighted by Gasteiger charge is -2.20. The van der Waals surface area contributed by atoms with Crippen molar-refractivity contribution in [2.75, 3.05) is 7.11 Å². The Bertz CT molecular complexity index is 551.